The van der Waals surface area contributed by atoms with Gasteiger partial charge in [-0.25, -0.2) is 22.0 Å². The van der Waals surface area contributed by atoms with Gasteiger partial charge >= 0.3 is 0 Å². The lowest BCUT2D eigenvalue weighted by atomic mass is 9.70. The summed E-state index contributed by atoms with van der Waals surface area (Å²) in [6, 6.07) is 7.74. The van der Waals surface area contributed by atoms with Crippen molar-refractivity contribution in [1.82, 2.24) is 0 Å². The predicted molar refractivity (Wildman–Crippen MR) is 84.7 cm³/mol. The molecular formula is C19H13F5O3. The molecule has 8 heteroatoms. The molecule has 0 aromatic heterocycles. The molecule has 0 radical (unpaired) electrons. The van der Waals surface area contributed by atoms with Crippen molar-refractivity contribution in [2.24, 2.45) is 0 Å². The van der Waals surface area contributed by atoms with E-state index in [4.69, 9.17) is 4.74 Å². The van der Waals surface area contributed by atoms with Gasteiger partial charge in [0.1, 0.15) is 0 Å². The minimum Gasteiger partial charge on any atom is -0.491 e. The number of carbonyl (C=O) groups excluding carboxylic acids is 1. The van der Waals surface area contributed by atoms with Crippen LogP contribution in [-0.4, -0.2) is 17.0 Å². The van der Waals surface area contributed by atoms with Crippen LogP contribution >= 0.6 is 0 Å². The van der Waals surface area contributed by atoms with Gasteiger partial charge in [-0.2, -0.15) is 0 Å². The number of ether oxygens (including phenoxy) is 1. The van der Waals surface area contributed by atoms with Gasteiger partial charge in [0.25, 0.3) is 0 Å². The second kappa shape index (κ2) is 6.45. The molecule has 3 nitrogen and oxygen atoms in total. The van der Waals surface area contributed by atoms with Gasteiger partial charge in [-0.05, 0) is 19.4 Å². The Balaban J connectivity index is 2.31. The summed E-state index contributed by atoms with van der Waals surface area (Å²) >= 11 is 0. The van der Waals surface area contributed by atoms with E-state index in [1.54, 1.807) is 18.2 Å². The van der Waals surface area contributed by atoms with Crippen molar-refractivity contribution in [3.8, 4) is 0 Å². The molecule has 0 aliphatic heterocycles. The Bertz CT molecular complexity index is 940. The number of benzene rings is 2. The van der Waals surface area contributed by atoms with Crippen LogP contribution in [-0.2, 0) is 15.1 Å². The maximum absolute atomic E-state index is 14.2. The monoisotopic (exact) mass is 384 g/mol. The summed E-state index contributed by atoms with van der Waals surface area (Å²) in [5.74, 6) is -13.3. The third-order valence-corrected chi connectivity index (χ3v) is 4.10. The molecule has 0 heterocycles. The zero-order valence-electron chi connectivity index (χ0n) is 14.1. The fourth-order valence-electron chi connectivity index (χ4n) is 2.90. The van der Waals surface area contributed by atoms with E-state index in [1.807, 2.05) is 0 Å². The number of halogens is 5. The van der Waals surface area contributed by atoms with Gasteiger partial charge in [0.05, 0.1) is 17.2 Å². The standard InChI is InChI=1S/C19H13F5O3/c1-8(2)27-18-10(9-6-4-3-5-7-9)17(25)19(18,26)11-12(20)14(22)16(24)15(23)13(11)21/h3-8,26H,1-2H3. The van der Waals surface area contributed by atoms with Crippen molar-refractivity contribution < 1.29 is 36.6 Å². The van der Waals surface area contributed by atoms with Gasteiger partial charge in [0.2, 0.25) is 17.2 Å². The fraction of sp³-hybridized carbons (Fsp3) is 0.211. The molecule has 1 N–H and O–H groups in total. The van der Waals surface area contributed by atoms with E-state index in [0.717, 1.165) is 0 Å². The normalized spacial score (nSPS) is 19.5. The van der Waals surface area contributed by atoms with Gasteiger partial charge in [-0.3, -0.25) is 4.79 Å². The van der Waals surface area contributed by atoms with E-state index in [-0.39, 0.29) is 11.1 Å². The minimum absolute atomic E-state index is 0.198. The topological polar surface area (TPSA) is 46.5 Å². The number of hydrogen-bond acceptors (Lipinski definition) is 3. The van der Waals surface area contributed by atoms with E-state index < -0.39 is 57.9 Å². The highest BCUT2D eigenvalue weighted by Crippen LogP contribution is 2.50. The van der Waals surface area contributed by atoms with E-state index >= 15 is 0 Å². The molecule has 2 aromatic rings. The fourth-order valence-corrected chi connectivity index (χ4v) is 2.90. The van der Waals surface area contributed by atoms with E-state index in [1.165, 1.54) is 26.0 Å². The Morgan fingerprint density at radius 1 is 0.889 bits per heavy atom. The molecule has 0 fully saturated rings. The summed E-state index contributed by atoms with van der Waals surface area (Å²) < 4.78 is 74.3. The SMILES string of the molecule is CC(C)OC1=C(c2ccccc2)C(=O)C1(O)c1c(F)c(F)c(F)c(F)c1F. The van der Waals surface area contributed by atoms with E-state index in [2.05, 4.69) is 0 Å². The summed E-state index contributed by atoms with van der Waals surface area (Å²) in [5, 5.41) is 10.7. The highest BCUT2D eigenvalue weighted by molar-refractivity contribution is 6.33. The molecule has 0 saturated carbocycles. The molecule has 27 heavy (non-hydrogen) atoms. The highest BCUT2D eigenvalue weighted by Gasteiger charge is 2.60. The number of ketones is 1. The van der Waals surface area contributed by atoms with Gasteiger partial charge in [0, 0.05) is 0 Å². The summed E-state index contributed by atoms with van der Waals surface area (Å²) in [6.07, 6.45) is -0.653. The first-order chi connectivity index (χ1) is 12.6. The van der Waals surface area contributed by atoms with E-state index in [9.17, 15) is 31.9 Å². The van der Waals surface area contributed by atoms with Crippen LogP contribution in [0.4, 0.5) is 22.0 Å². The quantitative estimate of drug-likeness (QED) is 0.493. The van der Waals surface area contributed by atoms with Crippen LogP contribution in [0.3, 0.4) is 0 Å². The zero-order chi connectivity index (χ0) is 20.1. The van der Waals surface area contributed by atoms with Crippen molar-refractivity contribution in [3.63, 3.8) is 0 Å². The molecule has 2 aromatic carbocycles. The molecular weight excluding hydrogens is 371 g/mol. The average molecular weight is 384 g/mol. The lowest BCUT2D eigenvalue weighted by Crippen LogP contribution is -2.50. The molecule has 0 amide bonds. The van der Waals surface area contributed by atoms with Crippen molar-refractivity contribution in [1.29, 1.82) is 0 Å². The van der Waals surface area contributed by atoms with Crippen LogP contribution in [0.2, 0.25) is 0 Å². The Morgan fingerprint density at radius 3 is 1.85 bits per heavy atom. The molecule has 0 saturated heterocycles. The predicted octanol–water partition coefficient (Wildman–Crippen LogP) is 3.99. The molecule has 1 aliphatic carbocycles. The summed E-state index contributed by atoms with van der Waals surface area (Å²) in [6.45, 7) is 3.02. The number of carbonyl (C=O) groups is 1. The maximum Gasteiger partial charge on any atom is 0.217 e. The van der Waals surface area contributed by atoms with Gasteiger partial charge in [0.15, 0.2) is 29.0 Å². The number of rotatable bonds is 4. The molecule has 142 valence electrons. The summed E-state index contributed by atoms with van der Waals surface area (Å²) in [5.41, 5.74) is -4.71. The van der Waals surface area contributed by atoms with Crippen LogP contribution in [0.1, 0.15) is 25.0 Å². The lowest BCUT2D eigenvalue weighted by Gasteiger charge is -2.40. The first kappa shape index (κ1) is 19.0. The van der Waals surface area contributed by atoms with Crippen molar-refractivity contribution in [3.05, 3.63) is 76.3 Å². The Morgan fingerprint density at radius 2 is 1.37 bits per heavy atom. The molecule has 0 bridgehead atoms. The molecule has 1 unspecified atom stereocenters. The molecule has 1 atom stereocenters. The molecule has 1 aliphatic rings. The van der Waals surface area contributed by atoms with Crippen molar-refractivity contribution in [2.45, 2.75) is 25.6 Å². The molecule has 0 spiro atoms. The molecule has 3 rings (SSSR count). The van der Waals surface area contributed by atoms with Crippen LogP contribution in [0.5, 0.6) is 0 Å². The van der Waals surface area contributed by atoms with Crippen LogP contribution in [0, 0.1) is 29.1 Å². The van der Waals surface area contributed by atoms with Gasteiger partial charge < -0.3 is 9.84 Å². The van der Waals surface area contributed by atoms with Gasteiger partial charge in [-0.1, -0.05) is 30.3 Å². The third kappa shape index (κ3) is 2.63. The van der Waals surface area contributed by atoms with Crippen molar-refractivity contribution >= 4 is 11.4 Å². The Labute approximate surface area is 150 Å². The Kier molecular flexibility index (Phi) is 4.55. The third-order valence-electron chi connectivity index (χ3n) is 4.10. The lowest BCUT2D eigenvalue weighted by molar-refractivity contribution is -0.139. The second-order valence-electron chi connectivity index (χ2n) is 6.22. The number of aliphatic hydroxyl groups is 1. The van der Waals surface area contributed by atoms with Gasteiger partial charge in [-0.15, -0.1) is 0 Å². The number of Topliss-reactive ketones (excluding diaryl/α,β-unsaturated/α-hetero) is 1. The smallest absolute Gasteiger partial charge is 0.217 e. The minimum atomic E-state index is -3.13. The zero-order valence-corrected chi connectivity index (χ0v) is 14.1. The van der Waals surface area contributed by atoms with E-state index in [0.29, 0.717) is 0 Å². The van der Waals surface area contributed by atoms with Crippen LogP contribution in [0.15, 0.2) is 36.1 Å². The average Bonchev–Trinajstić information content (AvgIpc) is 2.65. The second-order valence-corrected chi connectivity index (χ2v) is 6.22. The Hall–Kier alpha value is -2.74. The number of hydrogen-bond donors (Lipinski definition) is 1. The van der Waals surface area contributed by atoms with Crippen LogP contribution < -0.4 is 0 Å². The largest absolute Gasteiger partial charge is 0.491 e. The first-order valence-corrected chi connectivity index (χ1v) is 7.88. The summed E-state index contributed by atoms with van der Waals surface area (Å²) in [7, 11) is 0. The van der Waals surface area contributed by atoms with Crippen LogP contribution in [0.25, 0.3) is 5.57 Å². The van der Waals surface area contributed by atoms with Crippen molar-refractivity contribution in [2.75, 3.05) is 0 Å². The first-order valence-electron chi connectivity index (χ1n) is 7.88. The highest BCUT2D eigenvalue weighted by atomic mass is 19.2. The maximum atomic E-state index is 14.2. The summed E-state index contributed by atoms with van der Waals surface area (Å²) in [4.78, 5) is 12.6.